The van der Waals surface area contributed by atoms with Gasteiger partial charge in [0.05, 0.1) is 22.0 Å². The van der Waals surface area contributed by atoms with Crippen LogP contribution in [0.15, 0.2) is 77.7 Å². The molecule has 3 aromatic rings. The van der Waals surface area contributed by atoms with Gasteiger partial charge in [0.1, 0.15) is 5.75 Å². The van der Waals surface area contributed by atoms with E-state index in [4.69, 9.17) is 27.9 Å². The third-order valence-electron chi connectivity index (χ3n) is 4.62. The van der Waals surface area contributed by atoms with Crippen molar-refractivity contribution < 1.29 is 19.1 Å². The van der Waals surface area contributed by atoms with Gasteiger partial charge in [-0.1, -0.05) is 71.7 Å². The van der Waals surface area contributed by atoms with Gasteiger partial charge in [0, 0.05) is 10.6 Å². The summed E-state index contributed by atoms with van der Waals surface area (Å²) in [6, 6.07) is 20.5. The average Bonchev–Trinajstić information content (AvgIpc) is 3.03. The van der Waals surface area contributed by atoms with Crippen LogP contribution in [0.2, 0.25) is 10.0 Å². The summed E-state index contributed by atoms with van der Waals surface area (Å²) in [4.78, 5) is 39.3. The van der Waals surface area contributed by atoms with Crippen molar-refractivity contribution >= 4 is 58.2 Å². The summed E-state index contributed by atoms with van der Waals surface area (Å²) in [5.41, 5.74) is 1.50. The van der Waals surface area contributed by atoms with Crippen molar-refractivity contribution in [3.8, 4) is 5.75 Å². The largest absolute Gasteiger partial charge is 0.422 e. The van der Waals surface area contributed by atoms with E-state index in [-0.39, 0.29) is 33.0 Å². The number of benzene rings is 3. The number of carbonyl (C=O) groups excluding carboxylic acids is 3. The molecule has 0 bridgehead atoms. The van der Waals surface area contributed by atoms with E-state index in [0.717, 1.165) is 17.3 Å². The lowest BCUT2D eigenvalue weighted by molar-refractivity contribution is -0.123. The molecular weight excluding hydrogens is 469 g/mol. The Morgan fingerprint density at radius 2 is 1.69 bits per heavy atom. The standard InChI is InChI=1S/C24H15Cl2NO4S/c25-17-10-11-18(19(26)13-17)23(29)31-20-9-5-4-8-16(20)12-21-22(28)27(24(30)32-21)14-15-6-2-1-3-7-15/h1-13H,14H2/b21-12-. The molecule has 0 unspecified atom stereocenters. The van der Waals surface area contributed by atoms with Crippen LogP contribution in [-0.2, 0) is 11.3 Å². The number of ether oxygens (including phenoxy) is 1. The minimum Gasteiger partial charge on any atom is -0.422 e. The fraction of sp³-hybridized carbons (Fsp3) is 0.0417. The van der Waals surface area contributed by atoms with E-state index in [2.05, 4.69) is 0 Å². The Morgan fingerprint density at radius 1 is 0.969 bits per heavy atom. The summed E-state index contributed by atoms with van der Waals surface area (Å²) < 4.78 is 5.52. The molecule has 1 aliphatic heterocycles. The first-order chi connectivity index (χ1) is 15.4. The van der Waals surface area contributed by atoms with Crippen LogP contribution in [0.25, 0.3) is 6.08 Å². The first kappa shape index (κ1) is 22.1. The van der Waals surface area contributed by atoms with Gasteiger partial charge in [0.15, 0.2) is 0 Å². The van der Waals surface area contributed by atoms with Crippen LogP contribution in [0.1, 0.15) is 21.5 Å². The predicted octanol–water partition coefficient (Wildman–Crippen LogP) is 6.45. The van der Waals surface area contributed by atoms with Gasteiger partial charge in [0.2, 0.25) is 0 Å². The van der Waals surface area contributed by atoms with E-state index in [1.165, 1.54) is 17.0 Å². The van der Waals surface area contributed by atoms with Crippen LogP contribution in [0.5, 0.6) is 5.75 Å². The van der Waals surface area contributed by atoms with Gasteiger partial charge in [-0.2, -0.15) is 0 Å². The summed E-state index contributed by atoms with van der Waals surface area (Å²) >= 11 is 12.8. The Kier molecular flexibility index (Phi) is 6.65. The van der Waals surface area contributed by atoms with Crippen molar-refractivity contribution in [2.45, 2.75) is 6.54 Å². The second kappa shape index (κ2) is 9.61. The quantitative estimate of drug-likeness (QED) is 0.237. The summed E-state index contributed by atoms with van der Waals surface area (Å²) in [6.07, 6.45) is 1.54. The highest BCUT2D eigenvalue weighted by molar-refractivity contribution is 8.18. The fourth-order valence-electron chi connectivity index (χ4n) is 3.05. The predicted molar refractivity (Wildman–Crippen MR) is 126 cm³/mol. The number of nitrogens with zero attached hydrogens (tertiary/aromatic N) is 1. The first-order valence-electron chi connectivity index (χ1n) is 9.48. The first-order valence-corrected chi connectivity index (χ1v) is 11.0. The van der Waals surface area contributed by atoms with Crippen molar-refractivity contribution in [2.24, 2.45) is 0 Å². The van der Waals surface area contributed by atoms with Crippen LogP contribution in [0, 0.1) is 0 Å². The van der Waals surface area contributed by atoms with Crippen molar-refractivity contribution in [3.63, 3.8) is 0 Å². The molecule has 0 saturated carbocycles. The normalized spacial score (nSPS) is 14.8. The SMILES string of the molecule is O=C(Oc1ccccc1/C=C1\SC(=O)N(Cc2ccccc2)C1=O)c1ccc(Cl)cc1Cl. The third kappa shape index (κ3) is 4.88. The van der Waals surface area contributed by atoms with Gasteiger partial charge in [-0.15, -0.1) is 0 Å². The molecule has 160 valence electrons. The molecule has 3 aromatic carbocycles. The summed E-state index contributed by atoms with van der Waals surface area (Å²) in [5, 5.41) is 0.215. The Bertz CT molecular complexity index is 1240. The number of esters is 1. The number of halogens is 2. The zero-order chi connectivity index (χ0) is 22.7. The van der Waals surface area contributed by atoms with Crippen LogP contribution in [0.4, 0.5) is 4.79 Å². The number of imide groups is 1. The molecule has 1 fully saturated rings. The van der Waals surface area contributed by atoms with E-state index in [0.29, 0.717) is 10.6 Å². The third-order valence-corrected chi connectivity index (χ3v) is 6.07. The Hall–Kier alpha value is -3.06. The summed E-state index contributed by atoms with van der Waals surface area (Å²) in [5.74, 6) is -0.825. The smallest absolute Gasteiger partial charge is 0.345 e. The number of hydrogen-bond acceptors (Lipinski definition) is 5. The highest BCUT2D eigenvalue weighted by Crippen LogP contribution is 2.35. The summed E-state index contributed by atoms with van der Waals surface area (Å²) in [6.45, 7) is 0.189. The molecule has 1 heterocycles. The molecule has 0 aromatic heterocycles. The van der Waals surface area contributed by atoms with Gasteiger partial charge in [0.25, 0.3) is 11.1 Å². The summed E-state index contributed by atoms with van der Waals surface area (Å²) in [7, 11) is 0. The Morgan fingerprint density at radius 3 is 2.44 bits per heavy atom. The van der Waals surface area contributed by atoms with E-state index in [9.17, 15) is 14.4 Å². The van der Waals surface area contributed by atoms with Gasteiger partial charge in [-0.25, -0.2) is 4.79 Å². The molecule has 4 rings (SSSR count). The van der Waals surface area contributed by atoms with E-state index < -0.39 is 11.9 Å². The van der Waals surface area contributed by atoms with Crippen molar-refractivity contribution in [3.05, 3.63) is 104 Å². The molecule has 32 heavy (non-hydrogen) atoms. The molecule has 0 radical (unpaired) electrons. The van der Waals surface area contributed by atoms with Gasteiger partial charge < -0.3 is 4.74 Å². The lowest BCUT2D eigenvalue weighted by Gasteiger charge is -2.12. The molecule has 0 spiro atoms. The second-order valence-electron chi connectivity index (χ2n) is 6.80. The van der Waals surface area contributed by atoms with Gasteiger partial charge >= 0.3 is 5.97 Å². The van der Waals surface area contributed by atoms with Gasteiger partial charge in [-0.3, -0.25) is 14.5 Å². The molecule has 0 aliphatic carbocycles. The zero-order valence-electron chi connectivity index (χ0n) is 16.5. The van der Waals surface area contributed by atoms with Crippen LogP contribution in [0.3, 0.4) is 0 Å². The highest BCUT2D eigenvalue weighted by Gasteiger charge is 2.35. The number of carbonyl (C=O) groups is 3. The second-order valence-corrected chi connectivity index (χ2v) is 8.64. The van der Waals surface area contributed by atoms with E-state index in [1.54, 1.807) is 36.4 Å². The van der Waals surface area contributed by atoms with Crippen molar-refractivity contribution in [1.29, 1.82) is 0 Å². The lowest BCUT2D eigenvalue weighted by atomic mass is 10.1. The molecule has 1 saturated heterocycles. The molecule has 2 amide bonds. The number of hydrogen-bond donors (Lipinski definition) is 0. The lowest BCUT2D eigenvalue weighted by Crippen LogP contribution is -2.27. The Balaban J connectivity index is 1.56. The zero-order valence-corrected chi connectivity index (χ0v) is 18.8. The Labute approximate surface area is 198 Å². The maximum atomic E-state index is 12.8. The molecular formula is C24H15Cl2NO4S. The molecule has 0 atom stereocenters. The highest BCUT2D eigenvalue weighted by atomic mass is 35.5. The monoisotopic (exact) mass is 483 g/mol. The molecule has 0 N–H and O–H groups in total. The van der Waals surface area contributed by atoms with Gasteiger partial charge in [-0.05, 0) is 47.7 Å². The topological polar surface area (TPSA) is 63.7 Å². The van der Waals surface area contributed by atoms with Crippen molar-refractivity contribution in [1.82, 2.24) is 4.90 Å². The van der Waals surface area contributed by atoms with Crippen LogP contribution in [-0.4, -0.2) is 22.0 Å². The number of thioether (sulfide) groups is 1. The van der Waals surface area contributed by atoms with E-state index in [1.807, 2.05) is 30.3 Å². The van der Waals surface area contributed by atoms with Crippen molar-refractivity contribution in [2.75, 3.05) is 0 Å². The maximum absolute atomic E-state index is 12.8. The fourth-order valence-corrected chi connectivity index (χ4v) is 4.36. The van der Waals surface area contributed by atoms with Crippen LogP contribution >= 0.6 is 35.0 Å². The minimum atomic E-state index is -0.662. The molecule has 8 heteroatoms. The van der Waals surface area contributed by atoms with Crippen LogP contribution < -0.4 is 4.74 Å². The minimum absolute atomic E-state index is 0.161. The maximum Gasteiger partial charge on any atom is 0.345 e. The molecule has 5 nitrogen and oxygen atoms in total. The average molecular weight is 484 g/mol. The molecule has 1 aliphatic rings. The van der Waals surface area contributed by atoms with E-state index >= 15 is 0 Å². The number of amides is 2. The number of para-hydroxylation sites is 1. The number of rotatable bonds is 5.